The molecule has 18 heavy (non-hydrogen) atoms. The lowest BCUT2D eigenvalue weighted by Gasteiger charge is -2.30. The smallest absolute Gasteiger partial charge is 0.255 e. The van der Waals surface area contributed by atoms with Gasteiger partial charge in [-0.2, -0.15) is 0 Å². The van der Waals surface area contributed by atoms with Crippen LogP contribution in [0.5, 0.6) is 11.5 Å². The van der Waals surface area contributed by atoms with E-state index in [9.17, 15) is 15.0 Å². The average molecular weight is 272 g/mol. The van der Waals surface area contributed by atoms with Crippen LogP contribution in [0.1, 0.15) is 37.0 Å². The van der Waals surface area contributed by atoms with Crippen molar-refractivity contribution in [2.24, 2.45) is 0 Å². The van der Waals surface area contributed by atoms with Crippen molar-refractivity contribution in [1.29, 1.82) is 0 Å². The van der Waals surface area contributed by atoms with Crippen LogP contribution < -0.4 is 5.32 Å². The van der Waals surface area contributed by atoms with Gasteiger partial charge in [-0.15, -0.1) is 11.6 Å². The summed E-state index contributed by atoms with van der Waals surface area (Å²) in [6.07, 6.45) is 1.39. The molecule has 0 aliphatic carbocycles. The number of phenolic OH excluding ortho intramolecular Hbond substituents is 2. The second kappa shape index (κ2) is 5.96. The average Bonchev–Trinajstić information content (AvgIpc) is 2.38. The number of hydrogen-bond donors (Lipinski definition) is 3. The molecule has 4 nitrogen and oxygen atoms in total. The molecule has 1 rings (SSSR count). The topological polar surface area (TPSA) is 69.6 Å². The number of alkyl halides is 1. The van der Waals surface area contributed by atoms with Crippen molar-refractivity contribution in [3.05, 3.63) is 23.8 Å². The number of halogens is 1. The van der Waals surface area contributed by atoms with E-state index in [0.29, 0.717) is 18.7 Å². The van der Waals surface area contributed by atoms with E-state index < -0.39 is 11.4 Å². The fourth-order valence-electron chi connectivity index (χ4n) is 1.66. The summed E-state index contributed by atoms with van der Waals surface area (Å²) in [4.78, 5) is 12.1. The Morgan fingerprint density at radius 3 is 2.44 bits per heavy atom. The van der Waals surface area contributed by atoms with E-state index in [1.807, 2.05) is 13.8 Å². The zero-order valence-corrected chi connectivity index (χ0v) is 11.3. The van der Waals surface area contributed by atoms with Gasteiger partial charge in [-0.1, -0.05) is 13.8 Å². The number of amides is 1. The molecule has 0 fully saturated rings. The summed E-state index contributed by atoms with van der Waals surface area (Å²) in [7, 11) is 0. The maximum Gasteiger partial charge on any atom is 0.255 e. The second-order valence-electron chi connectivity index (χ2n) is 4.28. The van der Waals surface area contributed by atoms with Crippen molar-refractivity contribution in [2.75, 3.05) is 5.88 Å². The van der Waals surface area contributed by atoms with Crippen molar-refractivity contribution in [2.45, 2.75) is 32.2 Å². The lowest BCUT2D eigenvalue weighted by molar-refractivity contribution is 0.0899. The molecule has 0 bridgehead atoms. The van der Waals surface area contributed by atoms with Gasteiger partial charge in [0.2, 0.25) is 0 Å². The van der Waals surface area contributed by atoms with E-state index in [1.54, 1.807) is 0 Å². The van der Waals surface area contributed by atoms with Crippen molar-refractivity contribution in [1.82, 2.24) is 5.32 Å². The Labute approximate surface area is 112 Å². The molecule has 0 aliphatic heterocycles. The largest absolute Gasteiger partial charge is 0.508 e. The summed E-state index contributed by atoms with van der Waals surface area (Å²) < 4.78 is 0. The van der Waals surface area contributed by atoms with Gasteiger partial charge >= 0.3 is 0 Å². The lowest BCUT2D eigenvalue weighted by atomic mass is 9.94. The number of rotatable bonds is 5. The number of carbonyl (C=O) groups excluding carboxylic acids is 1. The highest BCUT2D eigenvalue weighted by Crippen LogP contribution is 2.24. The molecule has 0 saturated heterocycles. The first kappa shape index (κ1) is 14.6. The van der Waals surface area contributed by atoms with E-state index >= 15 is 0 Å². The molecular formula is C13H18ClNO3. The number of hydrogen-bond acceptors (Lipinski definition) is 3. The predicted molar refractivity (Wildman–Crippen MR) is 71.3 cm³/mol. The minimum Gasteiger partial charge on any atom is -0.508 e. The van der Waals surface area contributed by atoms with E-state index in [2.05, 4.69) is 5.32 Å². The molecule has 3 N–H and O–H groups in total. The van der Waals surface area contributed by atoms with Gasteiger partial charge in [0.25, 0.3) is 5.91 Å². The summed E-state index contributed by atoms with van der Waals surface area (Å²) in [6.45, 7) is 3.88. The molecule has 0 spiro atoms. The Bertz CT molecular complexity index is 422. The molecule has 1 amide bonds. The summed E-state index contributed by atoms with van der Waals surface area (Å²) in [5.41, 5.74) is -0.442. The fourth-order valence-corrected chi connectivity index (χ4v) is 2.11. The van der Waals surface area contributed by atoms with Gasteiger partial charge in [0.05, 0.1) is 11.1 Å². The molecule has 1 aromatic rings. The summed E-state index contributed by atoms with van der Waals surface area (Å²) in [5.74, 6) is -0.373. The molecular weight excluding hydrogens is 254 g/mol. The molecule has 0 aliphatic rings. The second-order valence-corrected chi connectivity index (χ2v) is 4.54. The molecule has 5 heteroatoms. The van der Waals surface area contributed by atoms with E-state index in [1.165, 1.54) is 18.2 Å². The highest BCUT2D eigenvalue weighted by Gasteiger charge is 2.28. The Kier molecular flexibility index (Phi) is 4.84. The van der Waals surface area contributed by atoms with Crippen molar-refractivity contribution in [3.63, 3.8) is 0 Å². The van der Waals surface area contributed by atoms with Crippen molar-refractivity contribution >= 4 is 17.5 Å². The van der Waals surface area contributed by atoms with Crippen LogP contribution in [-0.4, -0.2) is 27.5 Å². The van der Waals surface area contributed by atoms with E-state index in [0.717, 1.165) is 0 Å². The molecule has 0 heterocycles. The SMILES string of the molecule is CCC(CC)(CCl)NC(=O)c1cc(O)ccc1O. The first-order valence-corrected chi connectivity index (χ1v) is 6.42. The van der Waals surface area contributed by atoms with Crippen LogP contribution in [0, 0.1) is 0 Å². The zero-order valence-electron chi connectivity index (χ0n) is 10.5. The Morgan fingerprint density at radius 2 is 1.94 bits per heavy atom. The molecule has 0 unspecified atom stereocenters. The van der Waals surface area contributed by atoms with Gasteiger partial charge in [-0.3, -0.25) is 4.79 Å². The maximum atomic E-state index is 12.1. The summed E-state index contributed by atoms with van der Waals surface area (Å²) >= 11 is 5.90. The third kappa shape index (κ3) is 3.07. The summed E-state index contributed by atoms with van der Waals surface area (Å²) in [6, 6.07) is 3.83. The van der Waals surface area contributed by atoms with Crippen LogP contribution in [0.25, 0.3) is 0 Å². The van der Waals surface area contributed by atoms with Crippen molar-refractivity contribution < 1.29 is 15.0 Å². The van der Waals surface area contributed by atoms with Crippen LogP contribution in [0.3, 0.4) is 0 Å². The lowest BCUT2D eigenvalue weighted by Crippen LogP contribution is -2.49. The zero-order chi connectivity index (χ0) is 13.8. The van der Waals surface area contributed by atoms with Crippen LogP contribution in [-0.2, 0) is 0 Å². The van der Waals surface area contributed by atoms with Gasteiger partial charge in [-0.05, 0) is 31.0 Å². The highest BCUT2D eigenvalue weighted by atomic mass is 35.5. The standard InChI is InChI=1S/C13H18ClNO3/c1-3-13(4-2,8-14)15-12(18)10-7-9(16)5-6-11(10)17/h5-7,16-17H,3-4,8H2,1-2H3,(H,15,18). The summed E-state index contributed by atoms with van der Waals surface area (Å²) in [5, 5.41) is 21.8. The molecule has 0 atom stereocenters. The number of benzene rings is 1. The Morgan fingerprint density at radius 1 is 1.33 bits per heavy atom. The third-order valence-electron chi connectivity index (χ3n) is 3.21. The van der Waals surface area contributed by atoms with Crippen molar-refractivity contribution in [3.8, 4) is 11.5 Å². The highest BCUT2D eigenvalue weighted by molar-refractivity contribution is 6.19. The number of aromatic hydroxyl groups is 2. The fraction of sp³-hybridized carbons (Fsp3) is 0.462. The molecule has 0 aromatic heterocycles. The predicted octanol–water partition coefficient (Wildman–Crippen LogP) is 2.63. The van der Waals surface area contributed by atoms with Gasteiger partial charge < -0.3 is 15.5 Å². The normalized spacial score (nSPS) is 11.3. The number of phenols is 2. The Hall–Kier alpha value is -1.42. The Balaban J connectivity index is 2.97. The third-order valence-corrected chi connectivity index (χ3v) is 3.72. The molecule has 0 saturated carbocycles. The van der Waals surface area contributed by atoms with Crippen LogP contribution >= 0.6 is 11.6 Å². The van der Waals surface area contributed by atoms with E-state index in [-0.39, 0.29) is 17.1 Å². The van der Waals surface area contributed by atoms with Gasteiger partial charge in [0.15, 0.2) is 0 Å². The minimum absolute atomic E-state index is 0.0476. The molecule has 100 valence electrons. The molecule has 0 radical (unpaired) electrons. The first-order valence-electron chi connectivity index (χ1n) is 5.88. The number of carbonyl (C=O) groups is 1. The van der Waals surface area contributed by atoms with Gasteiger partial charge in [-0.25, -0.2) is 0 Å². The van der Waals surface area contributed by atoms with Gasteiger partial charge in [0, 0.05) is 5.88 Å². The molecule has 1 aromatic carbocycles. The minimum atomic E-state index is -0.490. The first-order chi connectivity index (χ1) is 8.48. The van der Waals surface area contributed by atoms with Crippen LogP contribution in [0.4, 0.5) is 0 Å². The quantitative estimate of drug-likeness (QED) is 0.570. The van der Waals surface area contributed by atoms with Crippen LogP contribution in [0.15, 0.2) is 18.2 Å². The van der Waals surface area contributed by atoms with Gasteiger partial charge in [0.1, 0.15) is 11.5 Å². The maximum absolute atomic E-state index is 12.1. The number of nitrogens with one attached hydrogen (secondary N) is 1. The van der Waals surface area contributed by atoms with E-state index in [4.69, 9.17) is 11.6 Å². The monoisotopic (exact) mass is 271 g/mol. The van der Waals surface area contributed by atoms with Crippen LogP contribution in [0.2, 0.25) is 0 Å².